The largest absolute Gasteiger partial charge is 0.513 e. The minimum Gasteiger partial charge on any atom is -0.464 e. The summed E-state index contributed by atoms with van der Waals surface area (Å²) in [5.74, 6) is -5.79. The Labute approximate surface area is 175 Å². The molecule has 160 valence electrons. The summed E-state index contributed by atoms with van der Waals surface area (Å²) in [6.45, 7) is -0.156. The molecule has 0 spiro atoms. The molecule has 2 aromatic carbocycles. The maximum absolute atomic E-state index is 12.6. The van der Waals surface area contributed by atoms with Crippen molar-refractivity contribution in [3.63, 3.8) is 0 Å². The van der Waals surface area contributed by atoms with E-state index in [1.54, 1.807) is 0 Å². The molecule has 3 N–H and O–H groups in total. The van der Waals surface area contributed by atoms with E-state index in [9.17, 15) is 19.2 Å². The molecule has 31 heavy (non-hydrogen) atoms. The fraction of sp³-hybridized carbons (Fsp3) is 0.190. The van der Waals surface area contributed by atoms with E-state index in [1.165, 1.54) is 0 Å². The van der Waals surface area contributed by atoms with Gasteiger partial charge in [0.05, 0.1) is 0 Å². The van der Waals surface area contributed by atoms with Gasteiger partial charge in [-0.1, -0.05) is 48.5 Å². The molecule has 2 aromatic rings. The van der Waals surface area contributed by atoms with Crippen LogP contribution < -0.4 is 0 Å². The summed E-state index contributed by atoms with van der Waals surface area (Å²) >= 11 is 0. The molecule has 1 aliphatic rings. The van der Waals surface area contributed by atoms with Crippen LogP contribution in [0.5, 0.6) is 0 Å². The first-order chi connectivity index (χ1) is 14.8. The Morgan fingerprint density at radius 1 is 0.839 bits per heavy atom. The molecule has 1 atom stereocenters. The molecule has 10 heteroatoms. The van der Waals surface area contributed by atoms with Gasteiger partial charge in [0.25, 0.3) is 0 Å². The summed E-state index contributed by atoms with van der Waals surface area (Å²) < 4.78 is 13.4. The third-order valence-electron chi connectivity index (χ3n) is 4.71. The van der Waals surface area contributed by atoms with E-state index >= 15 is 0 Å². The van der Waals surface area contributed by atoms with Crippen molar-refractivity contribution in [3.05, 3.63) is 59.7 Å². The summed E-state index contributed by atoms with van der Waals surface area (Å²) in [4.78, 5) is 45.8. The molecule has 1 aliphatic carbocycles. The molecule has 0 fully saturated rings. The molecule has 3 rings (SSSR count). The zero-order valence-electron chi connectivity index (χ0n) is 15.9. The molecule has 0 bridgehead atoms. The second-order valence-corrected chi connectivity index (χ2v) is 6.59. The number of benzene rings is 2. The standard InChI is InChI=1S/C21H17NO9/c22-17(30-20(25)26)9-15(19(24)31-21(27)28)18(23)29-10-16-13-7-3-1-5-11(13)12-6-2-4-8-14(12)16/h1-8,15-16,22H,9-10H2,(H,25,26)(H,27,28). The Morgan fingerprint density at radius 2 is 1.35 bits per heavy atom. The van der Waals surface area contributed by atoms with Gasteiger partial charge in [-0.15, -0.1) is 0 Å². The Hall–Kier alpha value is -4.21. The van der Waals surface area contributed by atoms with Crippen molar-refractivity contribution in [2.45, 2.75) is 12.3 Å². The number of esters is 2. The van der Waals surface area contributed by atoms with Crippen LogP contribution in [0, 0.1) is 11.3 Å². The monoisotopic (exact) mass is 427 g/mol. The lowest BCUT2D eigenvalue weighted by atomic mass is 9.98. The van der Waals surface area contributed by atoms with E-state index in [1.807, 2.05) is 48.5 Å². The predicted molar refractivity (Wildman–Crippen MR) is 104 cm³/mol. The molecular weight excluding hydrogens is 410 g/mol. The number of carboxylic acid groups (broad SMARTS) is 2. The van der Waals surface area contributed by atoms with Crippen LogP contribution in [0.1, 0.15) is 23.5 Å². The maximum Gasteiger partial charge on any atom is 0.513 e. The van der Waals surface area contributed by atoms with E-state index < -0.39 is 42.5 Å². The Kier molecular flexibility index (Phi) is 6.29. The second kappa shape index (κ2) is 9.08. The minimum absolute atomic E-state index is 0.156. The summed E-state index contributed by atoms with van der Waals surface area (Å²) in [6.07, 6.45) is -4.61. The highest BCUT2D eigenvalue weighted by Crippen LogP contribution is 2.44. The highest BCUT2D eigenvalue weighted by molar-refractivity contribution is 6.01. The molecular formula is C21H17NO9. The minimum atomic E-state index is -1.95. The van der Waals surface area contributed by atoms with Crippen LogP contribution in [0.4, 0.5) is 9.59 Å². The molecule has 0 saturated heterocycles. The first kappa shape index (κ1) is 21.5. The van der Waals surface area contributed by atoms with E-state index in [0.29, 0.717) is 0 Å². The molecule has 0 aliphatic heterocycles. The lowest BCUT2D eigenvalue weighted by molar-refractivity contribution is -0.159. The fourth-order valence-electron chi connectivity index (χ4n) is 3.46. The van der Waals surface area contributed by atoms with Crippen molar-refractivity contribution in [3.8, 4) is 11.1 Å². The normalized spacial score (nSPS) is 12.8. The van der Waals surface area contributed by atoms with Crippen LogP contribution in [-0.4, -0.2) is 47.0 Å². The van der Waals surface area contributed by atoms with E-state index in [-0.39, 0.29) is 12.5 Å². The van der Waals surface area contributed by atoms with Crippen LogP contribution in [0.15, 0.2) is 48.5 Å². The van der Waals surface area contributed by atoms with Crippen molar-refractivity contribution in [2.24, 2.45) is 5.92 Å². The Morgan fingerprint density at radius 3 is 1.87 bits per heavy atom. The van der Waals surface area contributed by atoms with Crippen LogP contribution in [0.2, 0.25) is 0 Å². The molecule has 0 amide bonds. The van der Waals surface area contributed by atoms with Crippen LogP contribution in [-0.2, 0) is 23.8 Å². The SMILES string of the molecule is N=C(CC(C(=O)OCC1c2ccccc2-c2ccccc21)C(=O)OC(=O)O)OC(=O)O. The summed E-state index contributed by atoms with van der Waals surface area (Å²) in [7, 11) is 0. The number of ether oxygens (including phenoxy) is 3. The van der Waals surface area contributed by atoms with E-state index in [0.717, 1.165) is 22.3 Å². The van der Waals surface area contributed by atoms with Gasteiger partial charge in [0.1, 0.15) is 6.61 Å². The highest BCUT2D eigenvalue weighted by Gasteiger charge is 2.36. The zero-order chi connectivity index (χ0) is 22.5. The lowest BCUT2D eigenvalue weighted by Crippen LogP contribution is -2.32. The van der Waals surface area contributed by atoms with Gasteiger partial charge in [-0.05, 0) is 22.3 Å². The molecule has 10 nitrogen and oxygen atoms in total. The van der Waals surface area contributed by atoms with Gasteiger partial charge >= 0.3 is 24.2 Å². The van der Waals surface area contributed by atoms with Gasteiger partial charge in [0, 0.05) is 12.3 Å². The highest BCUT2D eigenvalue weighted by atomic mass is 16.7. The number of rotatable bonds is 6. The third kappa shape index (κ3) is 4.86. The van der Waals surface area contributed by atoms with Gasteiger partial charge in [-0.25, -0.2) is 9.59 Å². The average molecular weight is 427 g/mol. The van der Waals surface area contributed by atoms with Gasteiger partial charge in [0.15, 0.2) is 11.8 Å². The molecule has 0 aromatic heterocycles. The van der Waals surface area contributed by atoms with Crippen molar-refractivity contribution < 1.29 is 43.6 Å². The first-order valence-corrected chi connectivity index (χ1v) is 9.05. The Bertz CT molecular complexity index is 1020. The van der Waals surface area contributed by atoms with Gasteiger partial charge < -0.3 is 24.4 Å². The Balaban J connectivity index is 1.77. The van der Waals surface area contributed by atoms with Crippen LogP contribution >= 0.6 is 0 Å². The first-order valence-electron chi connectivity index (χ1n) is 9.05. The van der Waals surface area contributed by atoms with E-state index in [2.05, 4.69) is 9.47 Å². The zero-order valence-corrected chi connectivity index (χ0v) is 15.9. The molecule has 0 saturated carbocycles. The van der Waals surface area contributed by atoms with Gasteiger partial charge in [0.2, 0.25) is 0 Å². The fourth-order valence-corrected chi connectivity index (χ4v) is 3.46. The van der Waals surface area contributed by atoms with Crippen molar-refractivity contribution >= 4 is 30.1 Å². The molecule has 1 unspecified atom stereocenters. The summed E-state index contributed by atoms with van der Waals surface area (Å²) in [5.41, 5.74) is 3.81. The lowest BCUT2D eigenvalue weighted by Gasteiger charge is -2.17. The smallest absolute Gasteiger partial charge is 0.464 e. The van der Waals surface area contributed by atoms with Gasteiger partial charge in [-0.2, -0.15) is 0 Å². The number of nitrogens with one attached hydrogen (secondary N) is 1. The summed E-state index contributed by atoms with van der Waals surface area (Å²) in [5, 5.41) is 24.6. The molecule has 0 radical (unpaired) electrons. The number of carbonyl (C=O) groups excluding carboxylic acids is 2. The van der Waals surface area contributed by atoms with Crippen molar-refractivity contribution in [1.29, 1.82) is 5.41 Å². The molecule has 0 heterocycles. The number of hydrogen-bond donors (Lipinski definition) is 3. The predicted octanol–water partition coefficient (Wildman–Crippen LogP) is 3.24. The van der Waals surface area contributed by atoms with Crippen LogP contribution in [0.25, 0.3) is 11.1 Å². The van der Waals surface area contributed by atoms with Crippen molar-refractivity contribution in [2.75, 3.05) is 6.61 Å². The second-order valence-electron chi connectivity index (χ2n) is 6.59. The summed E-state index contributed by atoms with van der Waals surface area (Å²) in [6, 6.07) is 15.1. The number of carbonyl (C=O) groups is 4. The third-order valence-corrected chi connectivity index (χ3v) is 4.71. The van der Waals surface area contributed by atoms with Crippen molar-refractivity contribution in [1.82, 2.24) is 0 Å². The number of fused-ring (bicyclic) bond motifs is 3. The van der Waals surface area contributed by atoms with E-state index in [4.69, 9.17) is 20.4 Å². The number of hydrogen-bond acceptors (Lipinski definition) is 8. The topological polar surface area (TPSA) is 160 Å². The maximum atomic E-state index is 12.6. The average Bonchev–Trinajstić information content (AvgIpc) is 3.03. The van der Waals surface area contributed by atoms with Gasteiger partial charge in [-0.3, -0.25) is 15.0 Å². The quantitative estimate of drug-likeness (QED) is 0.207. The van der Waals surface area contributed by atoms with Crippen LogP contribution in [0.3, 0.4) is 0 Å².